The first-order chi connectivity index (χ1) is 64.6. The minimum Gasteiger partial charge on any atom is -0.481 e. The predicted molar refractivity (Wildman–Crippen MR) is 534 cm³/mol. The minimum atomic E-state index is -1.20. The van der Waals surface area contributed by atoms with E-state index in [4.69, 9.17) is 135 Å². The van der Waals surface area contributed by atoms with Crippen LogP contribution in [0, 0.1) is 39.0 Å². The number of aryl methyl sites for hydroxylation is 4. The Morgan fingerprint density at radius 3 is 1.67 bits per heavy atom. The van der Waals surface area contributed by atoms with E-state index in [0.29, 0.717) is 81.7 Å². The lowest BCUT2D eigenvalue weighted by molar-refractivity contribution is -0.151. The fourth-order valence-electron chi connectivity index (χ4n) is 14.5. The molecule has 6 amide bonds. The number of aromatic nitrogens is 4. The zero-order chi connectivity index (χ0) is 97.1. The van der Waals surface area contributed by atoms with Crippen LogP contribution < -0.4 is 56.0 Å². The molecule has 14 rings (SSSR count). The van der Waals surface area contributed by atoms with Crippen molar-refractivity contribution in [3.05, 3.63) is 291 Å². The molecule has 8 atom stereocenters. The number of amidine groups is 3. The number of hydrazine groups is 2. The molecule has 28 nitrogen and oxygen atoms in total. The Balaban J connectivity index is 0.000000182. The zero-order valence-electron chi connectivity index (χ0n) is 74.7. The lowest BCUT2D eigenvalue weighted by Gasteiger charge is -2.32. The van der Waals surface area contributed by atoms with Crippen LogP contribution >= 0.6 is 116 Å². The minimum absolute atomic E-state index is 0.0511. The van der Waals surface area contributed by atoms with Gasteiger partial charge >= 0.3 is 5.97 Å². The van der Waals surface area contributed by atoms with Crippen LogP contribution in [-0.2, 0) is 38.3 Å². The van der Waals surface area contributed by atoms with Crippen molar-refractivity contribution >= 4 is 215 Å². The van der Waals surface area contributed by atoms with Gasteiger partial charge in [-0.05, 0) is 198 Å². The molecule has 0 bridgehead atoms. The second-order valence-electron chi connectivity index (χ2n) is 32.0. The molecular weight excluding hydrogens is 1930 g/mol. The van der Waals surface area contributed by atoms with Gasteiger partial charge in [0, 0.05) is 62.7 Å². The highest BCUT2D eigenvalue weighted by atomic mass is 35.5. The van der Waals surface area contributed by atoms with Gasteiger partial charge in [-0.15, -0.1) is 5.10 Å². The van der Waals surface area contributed by atoms with E-state index >= 15 is 0 Å². The van der Waals surface area contributed by atoms with E-state index in [-0.39, 0.29) is 118 Å². The van der Waals surface area contributed by atoms with Gasteiger partial charge < -0.3 is 34.9 Å². The molecule has 2 fully saturated rings. The van der Waals surface area contributed by atoms with Crippen LogP contribution in [0.15, 0.2) is 238 Å². The molecule has 0 spiro atoms. The molecule has 3 aliphatic rings. The number of anilines is 5. The van der Waals surface area contributed by atoms with Crippen molar-refractivity contribution in [1.82, 2.24) is 35.7 Å². The van der Waals surface area contributed by atoms with E-state index in [2.05, 4.69) is 69.2 Å². The molecule has 8 unspecified atom stereocenters. The highest BCUT2D eigenvalue weighted by molar-refractivity contribution is 6.45. The SMILES string of the molecule is CCC(Oc1ccc(C)cc1C)C(=O)Nc1cccc(OCN=C2NN(c3c(Cl)cc(Cl)cc3Cl)C(=O)C2n2cccn2)c1.CCC(Oc1cccc(C)c1)C(=O)Nc1ccc(Cl)c(N=C2NN(c3c(Cl)cc(Cl)cc3Cl)C(=O)C2N=Nc2ccc(C)cc2)c1.CCCCOC(=O)C(CC(C)c1ccccc1)CC(C)(CC)C(=O)NC1=NN(c2c(Cl)cc(Cl)cc2Cl)C(=O)C1n1cccn1. The standard InChI is InChI=1S/C33H28Cl4N6O3.C33H38Cl3N5O4.C31H29Cl3N6O4/c1-4-28(46-23-7-5-6-19(3)14-23)32(44)38-22-12-13-24(35)27(17-22)39-31-29(41-40-21-10-8-18(2)9-11-21)33(45)43(42-31)30-25(36)15-20(34)16-26(30)37;1-5-7-16-45-31(43)23(17-21(3)22-12-9-8-10-13-22)20-33(4,6-2)32(44)38-29-28(40-15-11-14-37-40)30(42)41(39-29)27-25(35)18-24(34)19-26(27)36;1-4-25(44-26-10-9-18(2)13-19(26)3)30(41)37-21-7-5-8-22(16-21)43-17-35-29-28(39-12-6-11-36-39)31(42)40(38-29)27-23(33)14-20(32)15-24(27)34/h5-17,28-29H,4H2,1-3H3,(H,38,44)(H,39,42);8-15,18-19,21,23,28H,5-7,16-17,20H2,1-4H3,(H,38,39,44);5-16,25,28H,4,17H2,1-3H3,(H,35,38)(H,37,41). The van der Waals surface area contributed by atoms with Gasteiger partial charge in [-0.2, -0.15) is 25.4 Å². The number of ether oxygens (including phenoxy) is 4. The third-order valence-electron chi connectivity index (χ3n) is 21.9. The number of esters is 1. The van der Waals surface area contributed by atoms with Crippen molar-refractivity contribution in [2.75, 3.05) is 39.0 Å². The van der Waals surface area contributed by atoms with Crippen molar-refractivity contribution in [3.63, 3.8) is 0 Å². The van der Waals surface area contributed by atoms with E-state index in [0.717, 1.165) is 50.7 Å². The largest absolute Gasteiger partial charge is 0.481 e. The number of hydrogen-bond donors (Lipinski definition) is 5. The summed E-state index contributed by atoms with van der Waals surface area (Å²) in [6.07, 6.45) is 8.67. The van der Waals surface area contributed by atoms with Crippen LogP contribution in [-0.4, -0.2) is 110 Å². The molecule has 11 aromatic rings. The van der Waals surface area contributed by atoms with Crippen molar-refractivity contribution in [2.45, 2.75) is 150 Å². The molecule has 2 saturated heterocycles. The number of hydrazone groups is 1. The number of hydrogen-bond acceptors (Lipinski definition) is 18. The number of carbonyl (C=O) groups excluding carboxylic acids is 7. The lowest BCUT2D eigenvalue weighted by atomic mass is 9.75. The number of benzene rings is 9. The Bertz CT molecular complexity index is 6210. The van der Waals surface area contributed by atoms with Gasteiger partial charge in [0.05, 0.1) is 59.1 Å². The average Bonchev–Trinajstić information content (AvgIpc) is 1.63. The number of carbonyl (C=O) groups is 7. The quantitative estimate of drug-likeness (QED) is 0.0149. The number of rotatable bonds is 32. The molecule has 3 aliphatic heterocycles. The van der Waals surface area contributed by atoms with Gasteiger partial charge in [0.25, 0.3) is 29.5 Å². The van der Waals surface area contributed by atoms with Gasteiger partial charge in [-0.25, -0.2) is 20.0 Å². The Kier molecular flexibility index (Phi) is 35.6. The summed E-state index contributed by atoms with van der Waals surface area (Å²) in [6.45, 7) is 19.6. The summed E-state index contributed by atoms with van der Waals surface area (Å²) >= 11 is 63.3. The normalized spacial score (nSPS) is 16.6. The van der Waals surface area contributed by atoms with Gasteiger partial charge in [0.1, 0.15) is 34.3 Å². The number of aliphatic imine (C=N–C) groups is 2. The van der Waals surface area contributed by atoms with Crippen molar-refractivity contribution < 1.29 is 52.5 Å². The number of halogens is 10. The van der Waals surface area contributed by atoms with E-state index in [1.807, 2.05) is 141 Å². The number of amides is 6. The summed E-state index contributed by atoms with van der Waals surface area (Å²) in [4.78, 5) is 104. The molecule has 0 radical (unpaired) electrons. The first-order valence-corrected chi connectivity index (χ1v) is 46.7. The smallest absolute Gasteiger partial charge is 0.308 e. The highest BCUT2D eigenvalue weighted by Crippen LogP contribution is 2.45. The summed E-state index contributed by atoms with van der Waals surface area (Å²) in [7, 11) is 0. The predicted octanol–water partition coefficient (Wildman–Crippen LogP) is 24.1. The molecule has 135 heavy (non-hydrogen) atoms. The molecule has 9 aromatic carbocycles. The highest BCUT2D eigenvalue weighted by Gasteiger charge is 2.47. The fourth-order valence-corrected chi connectivity index (χ4v) is 17.6. The molecule has 5 N–H and O–H groups in total. The van der Waals surface area contributed by atoms with E-state index in [1.54, 1.807) is 91.4 Å². The van der Waals surface area contributed by atoms with Crippen molar-refractivity contribution in [2.24, 2.45) is 36.6 Å². The van der Waals surface area contributed by atoms with Crippen LogP contribution in [0.3, 0.4) is 0 Å². The Morgan fingerprint density at radius 2 is 1.10 bits per heavy atom. The third kappa shape index (κ3) is 26.1. The molecule has 5 heterocycles. The van der Waals surface area contributed by atoms with Crippen molar-refractivity contribution in [3.8, 4) is 17.2 Å². The second kappa shape index (κ2) is 47.1. The molecule has 704 valence electrons. The summed E-state index contributed by atoms with van der Waals surface area (Å²) in [5.74, 6) is -1.14. The van der Waals surface area contributed by atoms with Gasteiger partial charge in [-0.3, -0.25) is 53.8 Å². The third-order valence-corrected chi connectivity index (χ3v) is 24.6. The Labute approximate surface area is 830 Å². The van der Waals surface area contributed by atoms with E-state index in [1.165, 1.54) is 57.0 Å². The maximum Gasteiger partial charge on any atom is 0.308 e. The summed E-state index contributed by atoms with van der Waals surface area (Å²) in [5, 5.41) is 35.6. The Hall–Kier alpha value is -11.8. The fraction of sp³-hybridized carbons (Fsp3) is 0.278. The first kappa shape index (κ1) is 102. The van der Waals surface area contributed by atoms with Crippen LogP contribution in [0.2, 0.25) is 50.2 Å². The zero-order valence-corrected chi connectivity index (χ0v) is 82.3. The molecule has 38 heteroatoms. The molecule has 2 aromatic heterocycles. The number of nitrogens with zero attached hydrogens (tertiary/aromatic N) is 12. The number of nitrogens with one attached hydrogen (secondary N) is 5. The van der Waals surface area contributed by atoms with Gasteiger partial charge in [0.2, 0.25) is 11.9 Å². The second-order valence-corrected chi connectivity index (χ2v) is 36.2. The maximum absolute atomic E-state index is 14.1. The maximum atomic E-state index is 14.1. The Morgan fingerprint density at radius 1 is 0.541 bits per heavy atom. The summed E-state index contributed by atoms with van der Waals surface area (Å²) in [6, 6.07) is 51.3. The number of azo groups is 1. The topological polar surface area (TPSA) is 324 Å². The molecule has 0 saturated carbocycles. The van der Waals surface area contributed by atoms with Crippen LogP contribution in [0.25, 0.3) is 0 Å². The molecule has 0 aliphatic carbocycles. The van der Waals surface area contributed by atoms with Gasteiger partial charge in [0.15, 0.2) is 48.5 Å². The summed E-state index contributed by atoms with van der Waals surface area (Å²) in [5.41, 5.74) is 12.5. The van der Waals surface area contributed by atoms with E-state index in [9.17, 15) is 33.6 Å². The average molecular weight is 2030 g/mol. The first-order valence-electron chi connectivity index (χ1n) is 43.0. The number of unbranched alkanes of at least 4 members (excludes halogenated alkanes) is 1. The summed E-state index contributed by atoms with van der Waals surface area (Å²) < 4.78 is 26.4. The molecular formula is C97H95Cl10N17O11. The van der Waals surface area contributed by atoms with Gasteiger partial charge in [-0.1, -0.05) is 248 Å². The van der Waals surface area contributed by atoms with E-state index < -0.39 is 59.4 Å². The lowest BCUT2D eigenvalue weighted by Crippen LogP contribution is -2.46. The van der Waals surface area contributed by atoms with Crippen LogP contribution in [0.4, 0.5) is 39.8 Å². The van der Waals surface area contributed by atoms with Crippen LogP contribution in [0.5, 0.6) is 17.2 Å². The monoisotopic (exact) mass is 2020 g/mol. The van der Waals surface area contributed by atoms with Crippen LogP contribution in [0.1, 0.15) is 132 Å². The van der Waals surface area contributed by atoms with Crippen molar-refractivity contribution in [1.29, 1.82) is 0 Å².